The molecule has 1 aromatic rings. The largest absolute Gasteiger partial charge is 0.507 e. The topological polar surface area (TPSA) is 52.8 Å². The van der Waals surface area contributed by atoms with Crippen molar-refractivity contribution in [3.8, 4) is 5.75 Å². The highest BCUT2D eigenvalue weighted by Gasteiger charge is 2.19. The van der Waals surface area contributed by atoms with E-state index in [4.69, 9.17) is 0 Å². The predicted octanol–water partition coefficient (Wildman–Crippen LogP) is 5.15. The van der Waals surface area contributed by atoms with Crippen molar-refractivity contribution < 1.29 is 10.3 Å². The van der Waals surface area contributed by atoms with Crippen molar-refractivity contribution in [1.29, 1.82) is 0 Å². The Bertz CT molecular complexity index is 552. The Morgan fingerprint density at radius 1 is 0.955 bits per heavy atom. The molecule has 0 spiro atoms. The van der Waals surface area contributed by atoms with Crippen LogP contribution >= 0.6 is 11.8 Å². The average molecular weight is 317 g/mol. The van der Waals surface area contributed by atoms with E-state index in [9.17, 15) is 10.3 Å². The first-order chi connectivity index (χ1) is 10.8. The maximum atomic E-state index is 9.96. The van der Waals surface area contributed by atoms with Crippen molar-refractivity contribution in [1.82, 2.24) is 0 Å². The lowest BCUT2D eigenvalue weighted by molar-refractivity contribution is 0.316. The number of phenolic OH excluding ortho intramolecular Hbond substituents is 1. The van der Waals surface area contributed by atoms with E-state index in [-0.39, 0.29) is 11.0 Å². The first-order valence-electron chi connectivity index (χ1n) is 7.76. The molecule has 1 atom stereocenters. The van der Waals surface area contributed by atoms with Gasteiger partial charge >= 0.3 is 0 Å². The Balaban J connectivity index is 2.13. The number of benzene rings is 1. The standard InChI is InChI=1S/C18H23NO2S/c20-16-12-9-10-14-18(16)22-17-13-8-6-4-2-1-3-5-7-11-15(17)19-21/h3-6,9-10,12,14,17,20-21H,1-2,7-8,11,13H2/b5-3+,6-4+,19-15+. The fourth-order valence-electron chi connectivity index (χ4n) is 2.42. The van der Waals surface area contributed by atoms with Gasteiger partial charge in [-0.25, -0.2) is 0 Å². The summed E-state index contributed by atoms with van der Waals surface area (Å²) in [5.41, 5.74) is 0.798. The molecule has 1 aliphatic carbocycles. The van der Waals surface area contributed by atoms with Crippen LogP contribution in [0.1, 0.15) is 38.5 Å². The lowest BCUT2D eigenvalue weighted by atomic mass is 10.1. The second kappa shape index (κ2) is 9.36. The van der Waals surface area contributed by atoms with E-state index in [0.717, 1.165) is 49.1 Å². The number of phenols is 1. The Kier molecular flexibility index (Phi) is 7.10. The Hall–Kier alpha value is -1.68. The van der Waals surface area contributed by atoms with Crippen LogP contribution in [-0.4, -0.2) is 21.3 Å². The van der Waals surface area contributed by atoms with Gasteiger partial charge in [-0.2, -0.15) is 0 Å². The summed E-state index contributed by atoms with van der Waals surface area (Å²) in [5, 5.41) is 23.0. The van der Waals surface area contributed by atoms with Crippen LogP contribution in [0.4, 0.5) is 0 Å². The van der Waals surface area contributed by atoms with Gasteiger partial charge in [0.2, 0.25) is 0 Å². The molecule has 1 aromatic carbocycles. The van der Waals surface area contributed by atoms with E-state index in [1.54, 1.807) is 17.8 Å². The van der Waals surface area contributed by atoms with Gasteiger partial charge in [0.25, 0.3) is 0 Å². The number of rotatable bonds is 2. The summed E-state index contributed by atoms with van der Waals surface area (Å²) in [5.74, 6) is 0.284. The van der Waals surface area contributed by atoms with Gasteiger partial charge in [0.05, 0.1) is 11.0 Å². The number of thioether (sulfide) groups is 1. The van der Waals surface area contributed by atoms with E-state index in [2.05, 4.69) is 29.5 Å². The molecule has 0 saturated heterocycles. The van der Waals surface area contributed by atoms with Crippen LogP contribution in [0.15, 0.2) is 58.6 Å². The van der Waals surface area contributed by atoms with E-state index >= 15 is 0 Å². The number of para-hydroxylation sites is 1. The van der Waals surface area contributed by atoms with E-state index in [1.165, 1.54) is 0 Å². The lowest BCUT2D eigenvalue weighted by Gasteiger charge is -2.18. The van der Waals surface area contributed by atoms with Gasteiger partial charge in [0, 0.05) is 4.90 Å². The van der Waals surface area contributed by atoms with Crippen LogP contribution in [0.5, 0.6) is 5.75 Å². The monoisotopic (exact) mass is 317 g/mol. The quantitative estimate of drug-likeness (QED) is 0.450. The van der Waals surface area contributed by atoms with Crippen molar-refractivity contribution in [2.24, 2.45) is 5.16 Å². The van der Waals surface area contributed by atoms with Crippen molar-refractivity contribution in [2.45, 2.75) is 48.7 Å². The second-order valence-corrected chi connectivity index (χ2v) is 6.55. The minimum Gasteiger partial charge on any atom is -0.507 e. The number of oxime groups is 1. The second-order valence-electron chi connectivity index (χ2n) is 5.30. The zero-order chi connectivity index (χ0) is 15.6. The molecule has 0 bridgehead atoms. The van der Waals surface area contributed by atoms with Crippen molar-refractivity contribution in [3.63, 3.8) is 0 Å². The third-order valence-corrected chi connectivity index (χ3v) is 5.02. The van der Waals surface area contributed by atoms with E-state index < -0.39 is 0 Å². The molecule has 0 aliphatic heterocycles. The van der Waals surface area contributed by atoms with E-state index in [1.807, 2.05) is 18.2 Å². The van der Waals surface area contributed by atoms with Gasteiger partial charge in [0.15, 0.2) is 0 Å². The molecular weight excluding hydrogens is 294 g/mol. The molecular formula is C18H23NO2S. The summed E-state index contributed by atoms with van der Waals surface area (Å²) in [7, 11) is 0. The first kappa shape index (κ1) is 16.7. The zero-order valence-electron chi connectivity index (χ0n) is 12.7. The van der Waals surface area contributed by atoms with Gasteiger partial charge in [-0.15, -0.1) is 11.8 Å². The Morgan fingerprint density at radius 2 is 1.64 bits per heavy atom. The van der Waals surface area contributed by atoms with Crippen LogP contribution in [-0.2, 0) is 0 Å². The van der Waals surface area contributed by atoms with Crippen LogP contribution in [0.25, 0.3) is 0 Å². The Labute approximate surface area is 136 Å². The van der Waals surface area contributed by atoms with Crippen molar-refractivity contribution in [2.75, 3.05) is 0 Å². The van der Waals surface area contributed by atoms with E-state index in [0.29, 0.717) is 0 Å². The minimum absolute atomic E-state index is 0.0794. The van der Waals surface area contributed by atoms with Gasteiger partial charge < -0.3 is 10.3 Å². The third-order valence-electron chi connectivity index (χ3n) is 3.63. The highest BCUT2D eigenvalue weighted by molar-refractivity contribution is 8.00. The average Bonchev–Trinajstić information content (AvgIpc) is 2.52. The maximum absolute atomic E-state index is 9.96. The summed E-state index contributed by atoms with van der Waals surface area (Å²) in [6, 6.07) is 7.32. The maximum Gasteiger partial charge on any atom is 0.129 e. The van der Waals surface area contributed by atoms with Crippen molar-refractivity contribution >= 4 is 17.5 Å². The number of hydrogen-bond acceptors (Lipinski definition) is 4. The highest BCUT2D eigenvalue weighted by atomic mass is 32.2. The van der Waals surface area contributed by atoms with Gasteiger partial charge in [0.1, 0.15) is 5.75 Å². The number of hydrogen-bond donors (Lipinski definition) is 2. The molecule has 0 radical (unpaired) electrons. The molecule has 3 nitrogen and oxygen atoms in total. The molecule has 0 saturated carbocycles. The predicted molar refractivity (Wildman–Crippen MR) is 93.0 cm³/mol. The van der Waals surface area contributed by atoms with Crippen LogP contribution < -0.4 is 0 Å². The lowest BCUT2D eigenvalue weighted by Crippen LogP contribution is -2.17. The van der Waals surface area contributed by atoms with Crippen LogP contribution in [0.2, 0.25) is 0 Å². The molecule has 2 rings (SSSR count). The van der Waals surface area contributed by atoms with Crippen molar-refractivity contribution in [3.05, 3.63) is 48.6 Å². The first-order valence-corrected chi connectivity index (χ1v) is 8.64. The summed E-state index contributed by atoms with van der Waals surface area (Å²) in [6.07, 6.45) is 14.4. The molecule has 0 amide bonds. The fraction of sp³-hybridized carbons (Fsp3) is 0.389. The number of aromatic hydroxyl groups is 1. The molecule has 1 aliphatic rings. The Morgan fingerprint density at radius 3 is 2.36 bits per heavy atom. The SMILES string of the molecule is O/N=C1\CC/C=C/CC/C=C/CCC1Sc1ccccc1O. The molecule has 0 fully saturated rings. The summed E-state index contributed by atoms with van der Waals surface area (Å²) in [6.45, 7) is 0. The fourth-order valence-corrected chi connectivity index (χ4v) is 3.63. The molecule has 0 heterocycles. The molecule has 1 unspecified atom stereocenters. The summed E-state index contributed by atoms with van der Waals surface area (Å²) < 4.78 is 0. The summed E-state index contributed by atoms with van der Waals surface area (Å²) >= 11 is 1.58. The smallest absolute Gasteiger partial charge is 0.129 e. The summed E-state index contributed by atoms with van der Waals surface area (Å²) in [4.78, 5) is 0.834. The van der Waals surface area contributed by atoms with Gasteiger partial charge in [-0.05, 0) is 50.7 Å². The minimum atomic E-state index is 0.0794. The van der Waals surface area contributed by atoms with Gasteiger partial charge in [-0.1, -0.05) is 41.6 Å². The molecule has 4 heteroatoms. The van der Waals surface area contributed by atoms with Crippen LogP contribution in [0, 0.1) is 0 Å². The van der Waals surface area contributed by atoms with Gasteiger partial charge in [-0.3, -0.25) is 0 Å². The highest BCUT2D eigenvalue weighted by Crippen LogP contribution is 2.34. The molecule has 118 valence electrons. The van der Waals surface area contributed by atoms with Crippen LogP contribution in [0.3, 0.4) is 0 Å². The number of allylic oxidation sites excluding steroid dienone is 4. The third kappa shape index (κ3) is 5.26. The normalized spacial score (nSPS) is 25.1. The molecule has 22 heavy (non-hydrogen) atoms. The molecule has 2 N–H and O–H groups in total. The number of nitrogens with zero attached hydrogens (tertiary/aromatic N) is 1. The molecule has 0 aromatic heterocycles. The zero-order valence-corrected chi connectivity index (χ0v) is 13.5.